The molecule has 1 heterocycles. The summed E-state index contributed by atoms with van der Waals surface area (Å²) < 4.78 is 13.5. The van der Waals surface area contributed by atoms with Gasteiger partial charge < -0.3 is 5.32 Å². The summed E-state index contributed by atoms with van der Waals surface area (Å²) in [6.07, 6.45) is 4.17. The van der Waals surface area contributed by atoms with Gasteiger partial charge in [0.25, 0.3) is 5.91 Å². The van der Waals surface area contributed by atoms with Crippen LogP contribution in [0.1, 0.15) is 15.9 Å². The lowest BCUT2D eigenvalue weighted by atomic mass is 10.2. The third-order valence-electron chi connectivity index (χ3n) is 2.34. The molecule has 1 aromatic heterocycles. The van der Waals surface area contributed by atoms with E-state index in [0.717, 1.165) is 0 Å². The summed E-state index contributed by atoms with van der Waals surface area (Å²) in [4.78, 5) is 19.4. The number of benzene rings is 1. The normalized spacial score (nSPS) is 10.2. The topological polar surface area (TPSA) is 54.9 Å². The molecule has 0 saturated heterocycles. The van der Waals surface area contributed by atoms with Crippen molar-refractivity contribution in [1.82, 2.24) is 9.97 Å². The van der Waals surface area contributed by atoms with Crippen molar-refractivity contribution in [2.75, 3.05) is 5.32 Å². The highest BCUT2D eigenvalue weighted by Gasteiger charge is 2.10. The summed E-state index contributed by atoms with van der Waals surface area (Å²) in [6.45, 7) is 1.71. The van der Waals surface area contributed by atoms with Crippen LogP contribution in [-0.4, -0.2) is 15.9 Å². The number of carbonyl (C=O) groups excluding carboxylic acids is 1. The van der Waals surface area contributed by atoms with E-state index in [-0.39, 0.29) is 11.7 Å². The van der Waals surface area contributed by atoms with Crippen LogP contribution >= 0.6 is 15.9 Å². The van der Waals surface area contributed by atoms with E-state index in [2.05, 4.69) is 31.2 Å². The molecule has 2 rings (SSSR count). The van der Waals surface area contributed by atoms with Gasteiger partial charge >= 0.3 is 0 Å². The Bertz CT molecular complexity index is 589. The van der Waals surface area contributed by atoms with Gasteiger partial charge in [-0.2, -0.15) is 0 Å². The highest BCUT2D eigenvalue weighted by Crippen LogP contribution is 2.24. The largest absolute Gasteiger partial charge is 0.322 e. The number of nitrogens with zero attached hydrogens (tertiary/aromatic N) is 2. The van der Waals surface area contributed by atoms with Crippen LogP contribution < -0.4 is 5.32 Å². The molecule has 18 heavy (non-hydrogen) atoms. The monoisotopic (exact) mass is 309 g/mol. The first-order valence-corrected chi connectivity index (χ1v) is 5.89. The zero-order valence-electron chi connectivity index (χ0n) is 9.45. The Morgan fingerprint density at radius 3 is 2.67 bits per heavy atom. The van der Waals surface area contributed by atoms with E-state index in [1.165, 1.54) is 30.9 Å². The molecule has 0 aliphatic carbocycles. The van der Waals surface area contributed by atoms with Crippen LogP contribution in [0.25, 0.3) is 0 Å². The number of nitrogens with one attached hydrogen (secondary N) is 1. The lowest BCUT2D eigenvalue weighted by Gasteiger charge is -2.09. The smallest absolute Gasteiger partial charge is 0.258 e. The van der Waals surface area contributed by atoms with Crippen LogP contribution in [-0.2, 0) is 0 Å². The average Bonchev–Trinajstić information content (AvgIpc) is 2.37. The van der Waals surface area contributed by atoms with E-state index in [1.807, 2.05) is 0 Å². The second kappa shape index (κ2) is 5.22. The molecule has 92 valence electrons. The molecular formula is C12H9BrFN3O. The third kappa shape index (κ3) is 2.70. The molecule has 6 heteroatoms. The van der Waals surface area contributed by atoms with E-state index >= 15 is 0 Å². The Labute approximate surface area is 111 Å². The number of halogens is 2. The van der Waals surface area contributed by atoms with Crippen LogP contribution in [0.4, 0.5) is 10.1 Å². The minimum absolute atomic E-state index is 0.299. The Morgan fingerprint density at radius 2 is 2.00 bits per heavy atom. The van der Waals surface area contributed by atoms with Crippen molar-refractivity contribution in [3.05, 3.63) is 52.3 Å². The molecule has 0 spiro atoms. The molecule has 0 saturated carbocycles. The molecule has 0 radical (unpaired) electrons. The van der Waals surface area contributed by atoms with Crippen molar-refractivity contribution < 1.29 is 9.18 Å². The molecule has 0 aliphatic heterocycles. The van der Waals surface area contributed by atoms with Crippen LogP contribution in [0.2, 0.25) is 0 Å². The molecule has 1 N–H and O–H groups in total. The predicted octanol–water partition coefficient (Wildman–Crippen LogP) is 2.94. The summed E-state index contributed by atoms with van der Waals surface area (Å²) >= 11 is 3.08. The van der Waals surface area contributed by atoms with Gasteiger partial charge in [-0.05, 0) is 40.5 Å². The van der Waals surface area contributed by atoms with Gasteiger partial charge in [0.2, 0.25) is 0 Å². The number of rotatable bonds is 2. The summed E-state index contributed by atoms with van der Waals surface area (Å²) in [5, 5.41) is 2.68. The van der Waals surface area contributed by atoms with Crippen LogP contribution in [0, 0.1) is 12.7 Å². The highest BCUT2D eigenvalue weighted by atomic mass is 79.9. The minimum Gasteiger partial charge on any atom is -0.322 e. The Morgan fingerprint density at radius 1 is 1.33 bits per heavy atom. The quantitative estimate of drug-likeness (QED) is 0.928. The van der Waals surface area contributed by atoms with E-state index in [1.54, 1.807) is 6.92 Å². The third-order valence-corrected chi connectivity index (χ3v) is 2.95. The summed E-state index contributed by atoms with van der Waals surface area (Å²) in [6, 6.07) is 2.87. The van der Waals surface area contributed by atoms with Crippen molar-refractivity contribution in [3.8, 4) is 0 Å². The lowest BCUT2D eigenvalue weighted by molar-refractivity contribution is 0.102. The fraction of sp³-hybridized carbons (Fsp3) is 0.0833. The number of carbonyl (C=O) groups is 1. The molecule has 0 atom stereocenters. The molecule has 1 amide bonds. The van der Waals surface area contributed by atoms with Gasteiger partial charge in [0, 0.05) is 18.1 Å². The average molecular weight is 310 g/mol. The van der Waals surface area contributed by atoms with Crippen molar-refractivity contribution in [1.29, 1.82) is 0 Å². The van der Waals surface area contributed by atoms with Crippen LogP contribution in [0.15, 0.2) is 35.3 Å². The van der Waals surface area contributed by atoms with E-state index in [0.29, 0.717) is 21.3 Å². The number of aromatic nitrogens is 2. The summed E-state index contributed by atoms with van der Waals surface area (Å²) in [7, 11) is 0. The van der Waals surface area contributed by atoms with Gasteiger partial charge in [0.05, 0.1) is 10.0 Å². The van der Waals surface area contributed by atoms with Gasteiger partial charge in [-0.3, -0.25) is 4.79 Å². The first-order valence-electron chi connectivity index (χ1n) is 5.10. The molecule has 4 nitrogen and oxygen atoms in total. The fourth-order valence-corrected chi connectivity index (χ4v) is 1.74. The van der Waals surface area contributed by atoms with E-state index in [9.17, 15) is 9.18 Å². The minimum atomic E-state index is -0.367. The van der Waals surface area contributed by atoms with Gasteiger partial charge in [-0.25, -0.2) is 14.4 Å². The zero-order valence-corrected chi connectivity index (χ0v) is 11.0. The zero-order chi connectivity index (χ0) is 13.1. The van der Waals surface area contributed by atoms with Crippen LogP contribution in [0.5, 0.6) is 0 Å². The van der Waals surface area contributed by atoms with E-state index in [4.69, 9.17) is 0 Å². The maximum atomic E-state index is 13.2. The second-order valence-electron chi connectivity index (χ2n) is 3.66. The number of hydrogen-bond donors (Lipinski definition) is 1. The van der Waals surface area contributed by atoms with Crippen molar-refractivity contribution in [3.63, 3.8) is 0 Å². The van der Waals surface area contributed by atoms with Crippen LogP contribution in [0.3, 0.4) is 0 Å². The SMILES string of the molecule is Cc1cc(F)c(Br)cc1NC(=O)c1cncnc1. The molecule has 1 aromatic carbocycles. The predicted molar refractivity (Wildman–Crippen MR) is 68.8 cm³/mol. The number of hydrogen-bond acceptors (Lipinski definition) is 3. The van der Waals surface area contributed by atoms with Gasteiger partial charge in [0.1, 0.15) is 12.1 Å². The standard InChI is InChI=1S/C12H9BrFN3O/c1-7-2-10(14)9(13)3-11(7)17-12(18)8-4-15-6-16-5-8/h2-6H,1H3,(H,17,18). The fourth-order valence-electron chi connectivity index (χ4n) is 1.39. The Hall–Kier alpha value is -1.82. The first-order chi connectivity index (χ1) is 8.58. The maximum Gasteiger partial charge on any atom is 0.258 e. The maximum absolute atomic E-state index is 13.2. The van der Waals surface area contributed by atoms with Crippen molar-refractivity contribution >= 4 is 27.5 Å². The van der Waals surface area contributed by atoms with Gasteiger partial charge in [0.15, 0.2) is 0 Å². The Kier molecular flexibility index (Phi) is 3.66. The highest BCUT2D eigenvalue weighted by molar-refractivity contribution is 9.10. The number of anilines is 1. The van der Waals surface area contributed by atoms with Crippen molar-refractivity contribution in [2.45, 2.75) is 6.92 Å². The molecule has 2 aromatic rings. The first kappa shape index (κ1) is 12.6. The summed E-state index contributed by atoms with van der Waals surface area (Å²) in [5.74, 6) is -0.703. The van der Waals surface area contributed by atoms with Gasteiger partial charge in [-0.1, -0.05) is 0 Å². The van der Waals surface area contributed by atoms with E-state index < -0.39 is 0 Å². The lowest BCUT2D eigenvalue weighted by Crippen LogP contribution is -2.13. The molecular weight excluding hydrogens is 301 g/mol. The number of amides is 1. The van der Waals surface area contributed by atoms with Gasteiger partial charge in [-0.15, -0.1) is 0 Å². The summed E-state index contributed by atoms with van der Waals surface area (Å²) in [5.41, 5.74) is 1.52. The number of aryl methyl sites for hydroxylation is 1. The molecule has 0 fully saturated rings. The molecule has 0 bridgehead atoms. The Balaban J connectivity index is 2.25. The van der Waals surface area contributed by atoms with Crippen molar-refractivity contribution in [2.24, 2.45) is 0 Å². The molecule has 0 unspecified atom stereocenters. The molecule has 0 aliphatic rings. The second-order valence-corrected chi connectivity index (χ2v) is 4.52.